The van der Waals surface area contributed by atoms with Gasteiger partial charge in [0, 0.05) is 11.4 Å². The molecule has 2 N–H and O–H groups in total. The number of amides is 1. The van der Waals surface area contributed by atoms with E-state index in [9.17, 15) is 4.79 Å². The second kappa shape index (κ2) is 7.35. The average Bonchev–Trinajstić information content (AvgIpc) is 2.63. The summed E-state index contributed by atoms with van der Waals surface area (Å²) in [7, 11) is 0. The number of nitrogens with zero attached hydrogens (tertiary/aromatic N) is 2. The van der Waals surface area contributed by atoms with Gasteiger partial charge in [-0.3, -0.25) is 4.79 Å². The van der Waals surface area contributed by atoms with Gasteiger partial charge < -0.3 is 10.6 Å². The topological polar surface area (TPSA) is 66.9 Å². The van der Waals surface area contributed by atoms with E-state index in [1.807, 2.05) is 54.6 Å². The van der Waals surface area contributed by atoms with E-state index < -0.39 is 0 Å². The maximum atomic E-state index is 12.3. The van der Waals surface area contributed by atoms with Gasteiger partial charge in [-0.15, -0.1) is 10.2 Å². The number of nitrogens with one attached hydrogen (secondary N) is 2. The SMILES string of the molecule is CC(C)(C)c1ccc(NC(=O)c2ccc(Nc3ccccc3)nn2)cc1. The molecular weight excluding hydrogens is 324 g/mol. The van der Waals surface area contributed by atoms with E-state index in [2.05, 4.69) is 41.6 Å². The van der Waals surface area contributed by atoms with Gasteiger partial charge in [-0.2, -0.15) is 0 Å². The second-order valence-corrected chi connectivity index (χ2v) is 7.08. The molecule has 0 saturated heterocycles. The molecule has 3 aromatic rings. The molecule has 0 aliphatic heterocycles. The quantitative estimate of drug-likeness (QED) is 0.714. The molecular formula is C21H22N4O. The fourth-order valence-electron chi connectivity index (χ4n) is 2.44. The predicted molar refractivity (Wildman–Crippen MR) is 105 cm³/mol. The van der Waals surface area contributed by atoms with Crippen molar-refractivity contribution in [3.63, 3.8) is 0 Å². The number of carbonyl (C=O) groups is 1. The zero-order valence-electron chi connectivity index (χ0n) is 15.2. The highest BCUT2D eigenvalue weighted by molar-refractivity contribution is 6.02. The summed E-state index contributed by atoms with van der Waals surface area (Å²) in [5, 5.41) is 14.0. The lowest BCUT2D eigenvalue weighted by atomic mass is 9.87. The second-order valence-electron chi connectivity index (χ2n) is 7.08. The van der Waals surface area contributed by atoms with E-state index in [-0.39, 0.29) is 17.0 Å². The van der Waals surface area contributed by atoms with Crippen molar-refractivity contribution in [2.24, 2.45) is 0 Å². The van der Waals surface area contributed by atoms with Crippen molar-refractivity contribution in [1.29, 1.82) is 0 Å². The number of rotatable bonds is 4. The number of benzene rings is 2. The molecule has 5 nitrogen and oxygen atoms in total. The minimum atomic E-state index is -0.285. The first kappa shape index (κ1) is 17.6. The van der Waals surface area contributed by atoms with Crippen LogP contribution in [0.5, 0.6) is 0 Å². The first-order valence-electron chi connectivity index (χ1n) is 8.49. The van der Waals surface area contributed by atoms with E-state index in [4.69, 9.17) is 0 Å². The van der Waals surface area contributed by atoms with Gasteiger partial charge >= 0.3 is 0 Å². The van der Waals surface area contributed by atoms with Crippen LogP contribution in [-0.4, -0.2) is 16.1 Å². The highest BCUT2D eigenvalue weighted by Crippen LogP contribution is 2.23. The van der Waals surface area contributed by atoms with Crippen molar-refractivity contribution in [2.45, 2.75) is 26.2 Å². The maximum absolute atomic E-state index is 12.3. The van der Waals surface area contributed by atoms with E-state index in [0.29, 0.717) is 5.82 Å². The summed E-state index contributed by atoms with van der Waals surface area (Å²) in [6, 6.07) is 20.9. The van der Waals surface area contributed by atoms with Gasteiger partial charge in [-0.1, -0.05) is 51.1 Å². The van der Waals surface area contributed by atoms with Crippen LogP contribution in [0.15, 0.2) is 66.7 Å². The molecule has 1 heterocycles. The molecule has 0 fully saturated rings. The standard InChI is InChI=1S/C21H22N4O/c1-21(2,3)15-9-11-17(12-10-15)23-20(26)18-13-14-19(25-24-18)22-16-7-5-4-6-8-16/h4-14H,1-3H3,(H,22,25)(H,23,26). The van der Waals surface area contributed by atoms with Crippen LogP contribution in [0.4, 0.5) is 17.2 Å². The average molecular weight is 346 g/mol. The van der Waals surface area contributed by atoms with Crippen molar-refractivity contribution in [3.05, 3.63) is 78.0 Å². The number of anilines is 3. The Labute approximate surface area is 153 Å². The van der Waals surface area contributed by atoms with Crippen LogP contribution in [0.1, 0.15) is 36.8 Å². The molecule has 0 aliphatic carbocycles. The normalized spacial score (nSPS) is 11.0. The zero-order valence-corrected chi connectivity index (χ0v) is 15.2. The highest BCUT2D eigenvalue weighted by Gasteiger charge is 2.14. The molecule has 5 heteroatoms. The number of carbonyl (C=O) groups excluding carboxylic acids is 1. The van der Waals surface area contributed by atoms with Gasteiger partial charge in [-0.05, 0) is 47.4 Å². The Kier molecular flexibility index (Phi) is 4.98. The molecule has 0 unspecified atom stereocenters. The zero-order chi connectivity index (χ0) is 18.6. The van der Waals surface area contributed by atoms with Gasteiger partial charge in [0.15, 0.2) is 11.5 Å². The first-order valence-corrected chi connectivity index (χ1v) is 8.49. The number of hydrogen-bond acceptors (Lipinski definition) is 4. The van der Waals surface area contributed by atoms with Gasteiger partial charge in [0.05, 0.1) is 0 Å². The summed E-state index contributed by atoms with van der Waals surface area (Å²) in [5.41, 5.74) is 3.21. The van der Waals surface area contributed by atoms with Crippen LogP contribution in [0, 0.1) is 0 Å². The van der Waals surface area contributed by atoms with Crippen LogP contribution in [0.2, 0.25) is 0 Å². The number of hydrogen-bond donors (Lipinski definition) is 2. The monoisotopic (exact) mass is 346 g/mol. The Morgan fingerprint density at radius 2 is 1.50 bits per heavy atom. The summed E-state index contributed by atoms with van der Waals surface area (Å²) in [6.45, 7) is 6.46. The molecule has 0 radical (unpaired) electrons. The molecule has 1 aromatic heterocycles. The summed E-state index contributed by atoms with van der Waals surface area (Å²) in [6.07, 6.45) is 0. The summed E-state index contributed by atoms with van der Waals surface area (Å²) in [4.78, 5) is 12.3. The molecule has 2 aromatic carbocycles. The van der Waals surface area contributed by atoms with Gasteiger partial charge in [-0.25, -0.2) is 0 Å². The third-order valence-corrected chi connectivity index (χ3v) is 3.95. The number of para-hydroxylation sites is 1. The Balaban J connectivity index is 1.64. The number of aromatic nitrogens is 2. The smallest absolute Gasteiger partial charge is 0.276 e. The van der Waals surface area contributed by atoms with Crippen LogP contribution in [0.3, 0.4) is 0 Å². The van der Waals surface area contributed by atoms with Crippen LogP contribution in [-0.2, 0) is 5.41 Å². The summed E-state index contributed by atoms with van der Waals surface area (Å²) >= 11 is 0. The maximum Gasteiger partial charge on any atom is 0.276 e. The van der Waals surface area contributed by atoms with E-state index >= 15 is 0 Å². The fraction of sp³-hybridized carbons (Fsp3) is 0.190. The molecule has 26 heavy (non-hydrogen) atoms. The molecule has 3 rings (SSSR count). The van der Waals surface area contributed by atoms with Crippen LogP contribution >= 0.6 is 0 Å². The third kappa shape index (κ3) is 4.45. The van der Waals surface area contributed by atoms with E-state index in [1.165, 1.54) is 5.56 Å². The Bertz CT molecular complexity index is 867. The Morgan fingerprint density at radius 1 is 0.808 bits per heavy atom. The fourth-order valence-corrected chi connectivity index (χ4v) is 2.44. The summed E-state index contributed by atoms with van der Waals surface area (Å²) < 4.78 is 0. The van der Waals surface area contributed by atoms with Crippen molar-refractivity contribution in [3.8, 4) is 0 Å². The summed E-state index contributed by atoms with van der Waals surface area (Å²) in [5.74, 6) is 0.301. The lowest BCUT2D eigenvalue weighted by Gasteiger charge is -2.19. The molecule has 0 saturated carbocycles. The largest absolute Gasteiger partial charge is 0.339 e. The molecule has 0 bridgehead atoms. The Morgan fingerprint density at radius 3 is 2.08 bits per heavy atom. The lowest BCUT2D eigenvalue weighted by molar-refractivity contribution is 0.102. The molecule has 0 spiro atoms. The van der Waals surface area contributed by atoms with Crippen molar-refractivity contribution in [1.82, 2.24) is 10.2 Å². The van der Waals surface area contributed by atoms with Crippen molar-refractivity contribution < 1.29 is 4.79 Å². The molecule has 132 valence electrons. The van der Waals surface area contributed by atoms with Crippen molar-refractivity contribution >= 4 is 23.1 Å². The van der Waals surface area contributed by atoms with Gasteiger partial charge in [0.25, 0.3) is 5.91 Å². The van der Waals surface area contributed by atoms with Gasteiger partial charge in [0.1, 0.15) is 0 Å². The highest BCUT2D eigenvalue weighted by atomic mass is 16.1. The predicted octanol–water partition coefficient (Wildman–Crippen LogP) is 4.77. The first-order chi connectivity index (χ1) is 12.4. The minimum Gasteiger partial charge on any atom is -0.339 e. The van der Waals surface area contributed by atoms with E-state index in [1.54, 1.807) is 12.1 Å². The lowest BCUT2D eigenvalue weighted by Crippen LogP contribution is -2.15. The minimum absolute atomic E-state index is 0.0790. The van der Waals surface area contributed by atoms with Crippen LogP contribution in [0.25, 0.3) is 0 Å². The van der Waals surface area contributed by atoms with E-state index in [0.717, 1.165) is 11.4 Å². The van der Waals surface area contributed by atoms with Crippen LogP contribution < -0.4 is 10.6 Å². The van der Waals surface area contributed by atoms with Gasteiger partial charge in [0.2, 0.25) is 0 Å². The third-order valence-electron chi connectivity index (χ3n) is 3.95. The molecule has 0 atom stereocenters. The van der Waals surface area contributed by atoms with Crippen molar-refractivity contribution in [2.75, 3.05) is 10.6 Å². The Hall–Kier alpha value is -3.21. The molecule has 1 amide bonds. The molecule has 0 aliphatic rings.